The van der Waals surface area contributed by atoms with Crippen LogP contribution in [0, 0.1) is 5.82 Å². The quantitative estimate of drug-likeness (QED) is 0.886. The molecule has 0 amide bonds. The van der Waals surface area contributed by atoms with E-state index in [1.54, 1.807) is 6.07 Å². The van der Waals surface area contributed by atoms with E-state index in [1.165, 1.54) is 12.5 Å². The van der Waals surface area contributed by atoms with Gasteiger partial charge in [0, 0.05) is 17.5 Å². The predicted molar refractivity (Wildman–Crippen MR) is 81.6 cm³/mol. The van der Waals surface area contributed by atoms with Gasteiger partial charge >= 0.3 is 0 Å². The van der Waals surface area contributed by atoms with Crippen LogP contribution in [0.2, 0.25) is 0 Å². The molecule has 0 bridgehead atoms. The van der Waals surface area contributed by atoms with Crippen molar-refractivity contribution in [3.8, 4) is 5.75 Å². The van der Waals surface area contributed by atoms with Gasteiger partial charge in [-0.2, -0.15) is 0 Å². The molecular weight excluding hydrogens is 321 g/mol. The molecule has 0 unspecified atom stereocenters. The molecule has 110 valence electrons. The Morgan fingerprint density at radius 3 is 2.50 bits per heavy atom. The third kappa shape index (κ3) is 2.48. The van der Waals surface area contributed by atoms with Gasteiger partial charge in [0.2, 0.25) is 0 Å². The highest BCUT2D eigenvalue weighted by molar-refractivity contribution is 9.10. The lowest BCUT2D eigenvalue weighted by atomic mass is 9.78. The van der Waals surface area contributed by atoms with E-state index in [-0.39, 0.29) is 17.3 Å². The van der Waals surface area contributed by atoms with Crippen molar-refractivity contribution in [3.05, 3.63) is 28.0 Å². The van der Waals surface area contributed by atoms with E-state index in [4.69, 9.17) is 10.5 Å². The monoisotopic (exact) mass is 341 g/mol. The highest BCUT2D eigenvalue weighted by atomic mass is 79.9. The molecule has 20 heavy (non-hydrogen) atoms. The zero-order valence-electron chi connectivity index (χ0n) is 11.6. The molecule has 1 aromatic carbocycles. The maximum Gasteiger partial charge on any atom is 0.137 e. The summed E-state index contributed by atoms with van der Waals surface area (Å²) in [5.41, 5.74) is 6.92. The standard InChI is InChI=1S/C16H21BrFNO/c17-14-9-11(18)8-13(15(14)20-12-4-3-5-12)16(10-19)6-1-2-7-16/h8-9,12H,1-7,10,19H2. The first-order valence-corrected chi connectivity index (χ1v) is 8.30. The summed E-state index contributed by atoms with van der Waals surface area (Å²) >= 11 is 3.47. The zero-order valence-corrected chi connectivity index (χ0v) is 13.2. The van der Waals surface area contributed by atoms with E-state index in [9.17, 15) is 4.39 Å². The van der Waals surface area contributed by atoms with Crippen LogP contribution in [0.5, 0.6) is 5.75 Å². The van der Waals surface area contributed by atoms with Crippen molar-refractivity contribution in [3.63, 3.8) is 0 Å². The topological polar surface area (TPSA) is 35.2 Å². The van der Waals surface area contributed by atoms with Crippen LogP contribution in [0.3, 0.4) is 0 Å². The van der Waals surface area contributed by atoms with Gasteiger partial charge in [0.1, 0.15) is 11.6 Å². The molecule has 2 aliphatic rings. The van der Waals surface area contributed by atoms with E-state index < -0.39 is 0 Å². The summed E-state index contributed by atoms with van der Waals surface area (Å²) in [6.07, 6.45) is 8.08. The highest BCUT2D eigenvalue weighted by Gasteiger charge is 2.38. The molecule has 2 fully saturated rings. The maximum atomic E-state index is 13.9. The zero-order chi connectivity index (χ0) is 14.2. The molecule has 0 atom stereocenters. The molecule has 2 N–H and O–H groups in total. The third-order valence-electron chi connectivity index (χ3n) is 4.87. The van der Waals surface area contributed by atoms with E-state index in [2.05, 4.69) is 15.9 Å². The molecule has 0 aliphatic heterocycles. The molecule has 0 aromatic heterocycles. The number of benzene rings is 1. The average molecular weight is 342 g/mol. The summed E-state index contributed by atoms with van der Waals surface area (Å²) in [7, 11) is 0. The fourth-order valence-electron chi connectivity index (χ4n) is 3.36. The summed E-state index contributed by atoms with van der Waals surface area (Å²) in [5, 5.41) is 0. The van der Waals surface area contributed by atoms with Crippen molar-refractivity contribution in [2.24, 2.45) is 5.73 Å². The number of ether oxygens (including phenoxy) is 1. The molecule has 2 nitrogen and oxygen atoms in total. The molecule has 0 radical (unpaired) electrons. The first kappa shape index (κ1) is 14.3. The Labute approximate surface area is 128 Å². The van der Waals surface area contributed by atoms with Crippen molar-refractivity contribution < 1.29 is 9.13 Å². The third-order valence-corrected chi connectivity index (χ3v) is 5.46. The van der Waals surface area contributed by atoms with Crippen molar-refractivity contribution in [2.75, 3.05) is 6.54 Å². The first-order valence-electron chi connectivity index (χ1n) is 7.51. The fourth-order valence-corrected chi connectivity index (χ4v) is 3.89. The van der Waals surface area contributed by atoms with Crippen LogP contribution >= 0.6 is 15.9 Å². The van der Waals surface area contributed by atoms with Gasteiger partial charge in [0.15, 0.2) is 0 Å². The van der Waals surface area contributed by atoms with E-state index in [0.717, 1.165) is 54.3 Å². The number of hydrogen-bond donors (Lipinski definition) is 1. The molecule has 2 saturated carbocycles. The smallest absolute Gasteiger partial charge is 0.137 e. The molecular formula is C16H21BrFNO. The highest BCUT2D eigenvalue weighted by Crippen LogP contribution is 2.47. The van der Waals surface area contributed by atoms with Gasteiger partial charge in [-0.1, -0.05) is 12.8 Å². The summed E-state index contributed by atoms with van der Waals surface area (Å²) in [5.74, 6) is 0.607. The van der Waals surface area contributed by atoms with Crippen LogP contribution in [0.25, 0.3) is 0 Å². The Morgan fingerprint density at radius 2 is 1.95 bits per heavy atom. The summed E-state index contributed by atoms with van der Waals surface area (Å²) in [4.78, 5) is 0. The van der Waals surface area contributed by atoms with Gasteiger partial charge in [-0.3, -0.25) is 0 Å². The van der Waals surface area contributed by atoms with Crippen molar-refractivity contribution in [1.82, 2.24) is 0 Å². The van der Waals surface area contributed by atoms with Crippen LogP contribution in [-0.2, 0) is 5.41 Å². The minimum absolute atomic E-state index is 0.107. The molecule has 0 saturated heterocycles. The van der Waals surface area contributed by atoms with E-state index >= 15 is 0 Å². The number of hydrogen-bond acceptors (Lipinski definition) is 2. The lowest BCUT2D eigenvalue weighted by molar-refractivity contribution is 0.116. The van der Waals surface area contributed by atoms with Gasteiger partial charge < -0.3 is 10.5 Å². The second-order valence-electron chi connectivity index (χ2n) is 6.13. The lowest BCUT2D eigenvalue weighted by Gasteiger charge is -2.34. The minimum atomic E-state index is -0.215. The van der Waals surface area contributed by atoms with Crippen LogP contribution < -0.4 is 10.5 Å². The second-order valence-corrected chi connectivity index (χ2v) is 6.98. The summed E-state index contributed by atoms with van der Waals surface area (Å²) in [6.45, 7) is 0.559. The van der Waals surface area contributed by atoms with Gasteiger partial charge in [-0.05, 0) is 60.2 Å². The normalized spacial score (nSPS) is 21.8. The Hall–Kier alpha value is -0.610. The Bertz CT molecular complexity index is 495. The first-order chi connectivity index (χ1) is 9.64. The Morgan fingerprint density at radius 1 is 1.25 bits per heavy atom. The van der Waals surface area contributed by atoms with E-state index in [1.807, 2.05) is 0 Å². The van der Waals surface area contributed by atoms with Gasteiger partial charge in [-0.25, -0.2) is 4.39 Å². The summed E-state index contributed by atoms with van der Waals surface area (Å²) in [6, 6.07) is 3.13. The minimum Gasteiger partial charge on any atom is -0.489 e. The maximum absolute atomic E-state index is 13.9. The Kier molecular flexibility index (Phi) is 4.04. The molecule has 0 heterocycles. The molecule has 0 spiro atoms. The molecule has 4 heteroatoms. The van der Waals surface area contributed by atoms with Gasteiger partial charge in [0.25, 0.3) is 0 Å². The van der Waals surface area contributed by atoms with Crippen LogP contribution in [0.4, 0.5) is 4.39 Å². The number of rotatable bonds is 4. The fraction of sp³-hybridized carbons (Fsp3) is 0.625. The molecule has 1 aromatic rings. The van der Waals surface area contributed by atoms with Crippen molar-refractivity contribution in [2.45, 2.75) is 56.5 Å². The molecule has 3 rings (SSSR count). The summed E-state index contributed by atoms with van der Waals surface area (Å²) < 4.78 is 20.7. The van der Waals surface area contributed by atoms with Crippen LogP contribution in [0.1, 0.15) is 50.5 Å². The van der Waals surface area contributed by atoms with Gasteiger partial charge in [0.05, 0.1) is 10.6 Å². The number of nitrogens with two attached hydrogens (primary N) is 1. The SMILES string of the molecule is NCC1(c2cc(F)cc(Br)c2OC2CCC2)CCCC1. The molecule has 2 aliphatic carbocycles. The largest absolute Gasteiger partial charge is 0.489 e. The average Bonchev–Trinajstić information content (AvgIpc) is 2.84. The number of halogens is 2. The lowest BCUT2D eigenvalue weighted by Crippen LogP contribution is -2.34. The van der Waals surface area contributed by atoms with Gasteiger partial charge in [-0.15, -0.1) is 0 Å². The van der Waals surface area contributed by atoms with E-state index in [0.29, 0.717) is 6.54 Å². The Balaban J connectivity index is 2.02. The second kappa shape index (κ2) is 5.64. The van der Waals surface area contributed by atoms with Crippen LogP contribution in [-0.4, -0.2) is 12.6 Å². The van der Waals surface area contributed by atoms with Crippen LogP contribution in [0.15, 0.2) is 16.6 Å². The predicted octanol–water partition coefficient (Wildman–Crippen LogP) is 4.29. The van der Waals surface area contributed by atoms with Crippen molar-refractivity contribution in [1.29, 1.82) is 0 Å². The van der Waals surface area contributed by atoms with Crippen molar-refractivity contribution >= 4 is 15.9 Å².